The molecule has 0 aliphatic heterocycles. The second-order valence-electron chi connectivity index (χ2n) is 4.49. The number of pyridine rings is 2. The third-order valence-corrected chi connectivity index (χ3v) is 3.16. The number of H-pyrrole nitrogens is 1. The first-order valence-electron chi connectivity index (χ1n) is 6.19. The highest BCUT2D eigenvalue weighted by atomic mass is 15.2. The number of rotatable bonds is 2. The van der Waals surface area contributed by atoms with Gasteiger partial charge in [-0.05, 0) is 31.2 Å². The van der Waals surface area contributed by atoms with E-state index in [9.17, 15) is 0 Å². The summed E-state index contributed by atoms with van der Waals surface area (Å²) in [6, 6.07) is 7.65. The Morgan fingerprint density at radius 1 is 1.20 bits per heavy atom. The average molecular weight is 265 g/mol. The van der Waals surface area contributed by atoms with Gasteiger partial charge in [-0.15, -0.1) is 10.2 Å². The second kappa shape index (κ2) is 4.02. The van der Waals surface area contributed by atoms with Gasteiger partial charge in [0.2, 0.25) is 0 Å². The first kappa shape index (κ1) is 10.9. The lowest BCUT2D eigenvalue weighted by atomic mass is 10.3. The van der Waals surface area contributed by atoms with Crippen LogP contribution in [0.3, 0.4) is 0 Å². The van der Waals surface area contributed by atoms with Gasteiger partial charge in [-0.25, -0.2) is 0 Å². The van der Waals surface area contributed by atoms with E-state index >= 15 is 0 Å². The maximum absolute atomic E-state index is 4.32. The Morgan fingerprint density at radius 3 is 3.10 bits per heavy atom. The molecule has 4 heterocycles. The van der Waals surface area contributed by atoms with Gasteiger partial charge >= 0.3 is 0 Å². The van der Waals surface area contributed by atoms with Crippen molar-refractivity contribution in [3.8, 4) is 0 Å². The number of aryl methyl sites for hydroxylation is 1. The van der Waals surface area contributed by atoms with E-state index in [1.165, 1.54) is 0 Å². The van der Waals surface area contributed by atoms with Crippen LogP contribution in [-0.2, 0) is 0 Å². The zero-order chi connectivity index (χ0) is 13.5. The van der Waals surface area contributed by atoms with E-state index in [1.807, 2.05) is 41.8 Å². The van der Waals surface area contributed by atoms with Crippen LogP contribution in [0.2, 0.25) is 0 Å². The molecular formula is C13H11N7. The summed E-state index contributed by atoms with van der Waals surface area (Å²) in [5, 5.41) is 18.5. The van der Waals surface area contributed by atoms with E-state index in [1.54, 1.807) is 6.20 Å². The van der Waals surface area contributed by atoms with Gasteiger partial charge in [0, 0.05) is 12.4 Å². The third kappa shape index (κ3) is 1.60. The van der Waals surface area contributed by atoms with Gasteiger partial charge in [0.15, 0.2) is 11.5 Å². The minimum atomic E-state index is 0.700. The van der Waals surface area contributed by atoms with Crippen LogP contribution in [0.5, 0.6) is 0 Å². The molecule has 0 spiro atoms. The molecule has 0 saturated heterocycles. The van der Waals surface area contributed by atoms with Gasteiger partial charge in [0.1, 0.15) is 11.3 Å². The minimum Gasteiger partial charge on any atom is -0.336 e. The van der Waals surface area contributed by atoms with E-state index in [4.69, 9.17) is 0 Å². The number of aromatic nitrogens is 6. The van der Waals surface area contributed by atoms with Gasteiger partial charge in [0.05, 0.1) is 11.2 Å². The molecule has 4 aromatic heterocycles. The predicted octanol–water partition coefficient (Wildman–Crippen LogP) is 2.05. The molecule has 7 heteroatoms. The standard InChI is InChI=1S/C13H11N7/c1-8-16-18-11-5-4-9(7-20(8)11)15-13-12-10(17-19-13)3-2-6-14-12/h2-7H,1H3,(H2,15,17,19). The molecule has 0 aromatic carbocycles. The highest BCUT2D eigenvalue weighted by molar-refractivity contribution is 5.87. The summed E-state index contributed by atoms with van der Waals surface area (Å²) in [4.78, 5) is 4.32. The summed E-state index contributed by atoms with van der Waals surface area (Å²) in [5.41, 5.74) is 3.43. The molecule has 20 heavy (non-hydrogen) atoms. The van der Waals surface area contributed by atoms with E-state index < -0.39 is 0 Å². The van der Waals surface area contributed by atoms with E-state index in [0.29, 0.717) is 5.82 Å². The zero-order valence-corrected chi connectivity index (χ0v) is 10.7. The third-order valence-electron chi connectivity index (χ3n) is 3.16. The van der Waals surface area contributed by atoms with Crippen molar-refractivity contribution in [1.29, 1.82) is 0 Å². The highest BCUT2D eigenvalue weighted by Crippen LogP contribution is 2.22. The van der Waals surface area contributed by atoms with Crippen LogP contribution in [0, 0.1) is 6.92 Å². The molecule has 0 radical (unpaired) electrons. The van der Waals surface area contributed by atoms with Gasteiger partial charge in [-0.2, -0.15) is 5.10 Å². The first-order chi connectivity index (χ1) is 9.81. The molecule has 4 aromatic rings. The Kier molecular flexibility index (Phi) is 2.19. The van der Waals surface area contributed by atoms with Crippen molar-refractivity contribution < 1.29 is 0 Å². The number of hydrogen-bond acceptors (Lipinski definition) is 5. The van der Waals surface area contributed by atoms with Crippen LogP contribution < -0.4 is 5.32 Å². The molecular weight excluding hydrogens is 254 g/mol. The largest absolute Gasteiger partial charge is 0.336 e. The minimum absolute atomic E-state index is 0.700. The molecule has 0 saturated carbocycles. The van der Waals surface area contributed by atoms with Gasteiger partial charge in [0.25, 0.3) is 0 Å². The molecule has 7 nitrogen and oxygen atoms in total. The fourth-order valence-electron chi connectivity index (χ4n) is 2.16. The number of fused-ring (bicyclic) bond motifs is 2. The Balaban J connectivity index is 1.78. The highest BCUT2D eigenvalue weighted by Gasteiger charge is 2.07. The molecule has 4 rings (SSSR count). The van der Waals surface area contributed by atoms with Crippen LogP contribution >= 0.6 is 0 Å². The number of nitrogens with zero attached hydrogens (tertiary/aromatic N) is 5. The molecule has 0 bridgehead atoms. The monoisotopic (exact) mass is 265 g/mol. The lowest BCUT2D eigenvalue weighted by Crippen LogP contribution is -1.95. The summed E-state index contributed by atoms with van der Waals surface area (Å²) < 4.78 is 1.92. The van der Waals surface area contributed by atoms with E-state index in [2.05, 4.69) is 30.7 Å². The maximum Gasteiger partial charge on any atom is 0.178 e. The summed E-state index contributed by atoms with van der Waals surface area (Å²) >= 11 is 0. The quantitative estimate of drug-likeness (QED) is 0.579. The Bertz CT molecular complexity index is 905. The maximum atomic E-state index is 4.32. The smallest absolute Gasteiger partial charge is 0.178 e. The van der Waals surface area contributed by atoms with Crippen LogP contribution in [0.25, 0.3) is 16.7 Å². The fourth-order valence-corrected chi connectivity index (χ4v) is 2.16. The molecule has 2 N–H and O–H groups in total. The Morgan fingerprint density at radius 2 is 2.15 bits per heavy atom. The van der Waals surface area contributed by atoms with Gasteiger partial charge < -0.3 is 5.32 Å². The molecule has 0 amide bonds. The van der Waals surface area contributed by atoms with Crippen LogP contribution in [-0.4, -0.2) is 29.8 Å². The topological polar surface area (TPSA) is 83.8 Å². The van der Waals surface area contributed by atoms with Gasteiger partial charge in [-0.3, -0.25) is 14.5 Å². The summed E-state index contributed by atoms with van der Waals surface area (Å²) in [6.45, 7) is 1.91. The van der Waals surface area contributed by atoms with Crippen molar-refractivity contribution in [3.63, 3.8) is 0 Å². The van der Waals surface area contributed by atoms with Crippen molar-refractivity contribution in [3.05, 3.63) is 42.5 Å². The van der Waals surface area contributed by atoms with E-state index in [0.717, 1.165) is 28.2 Å². The first-order valence-corrected chi connectivity index (χ1v) is 6.19. The summed E-state index contributed by atoms with van der Waals surface area (Å²) in [5.74, 6) is 1.54. The van der Waals surface area contributed by atoms with Crippen molar-refractivity contribution in [2.24, 2.45) is 0 Å². The fraction of sp³-hybridized carbons (Fsp3) is 0.0769. The summed E-state index contributed by atoms with van der Waals surface area (Å²) in [7, 11) is 0. The number of anilines is 2. The molecule has 0 aliphatic carbocycles. The normalized spacial score (nSPS) is 11.2. The van der Waals surface area contributed by atoms with E-state index in [-0.39, 0.29) is 0 Å². The zero-order valence-electron chi connectivity index (χ0n) is 10.7. The molecule has 0 atom stereocenters. The van der Waals surface area contributed by atoms with Crippen molar-refractivity contribution in [1.82, 2.24) is 29.8 Å². The molecule has 0 aliphatic rings. The Hall–Kier alpha value is -2.96. The predicted molar refractivity (Wildman–Crippen MR) is 74.9 cm³/mol. The van der Waals surface area contributed by atoms with Crippen molar-refractivity contribution in [2.45, 2.75) is 6.92 Å². The molecule has 0 unspecified atom stereocenters. The average Bonchev–Trinajstić information content (AvgIpc) is 3.05. The number of aromatic amines is 1. The molecule has 0 fully saturated rings. The van der Waals surface area contributed by atoms with Crippen LogP contribution in [0.15, 0.2) is 36.7 Å². The van der Waals surface area contributed by atoms with Gasteiger partial charge in [-0.1, -0.05) is 0 Å². The lowest BCUT2D eigenvalue weighted by Gasteiger charge is -2.04. The number of nitrogens with one attached hydrogen (secondary N) is 2. The summed E-state index contributed by atoms with van der Waals surface area (Å²) in [6.07, 6.45) is 3.68. The van der Waals surface area contributed by atoms with Crippen LogP contribution in [0.1, 0.15) is 5.82 Å². The lowest BCUT2D eigenvalue weighted by molar-refractivity contribution is 1.01. The SMILES string of the molecule is Cc1nnc2ccc(Nc3n[nH]c4cccnc34)cn12. The second-order valence-corrected chi connectivity index (χ2v) is 4.49. The van der Waals surface area contributed by atoms with Crippen LogP contribution in [0.4, 0.5) is 11.5 Å². The number of hydrogen-bond donors (Lipinski definition) is 2. The molecule has 98 valence electrons. The van der Waals surface area contributed by atoms with Crippen molar-refractivity contribution >= 4 is 28.2 Å². The Labute approximate surface area is 113 Å². The van der Waals surface area contributed by atoms with Crippen molar-refractivity contribution in [2.75, 3.05) is 5.32 Å².